The summed E-state index contributed by atoms with van der Waals surface area (Å²) in [5, 5.41) is 2.69. The molecule has 1 saturated heterocycles. The first kappa shape index (κ1) is 27.6. The Kier molecular flexibility index (Phi) is 8.39. The first-order valence-electron chi connectivity index (χ1n) is 12.3. The highest BCUT2D eigenvalue weighted by atomic mass is 32.2. The number of ether oxygens (including phenoxy) is 1. The van der Waals surface area contributed by atoms with Crippen molar-refractivity contribution in [2.75, 3.05) is 30.2 Å². The lowest BCUT2D eigenvalue weighted by Crippen LogP contribution is -2.32. The highest BCUT2D eigenvalue weighted by molar-refractivity contribution is 7.92. The van der Waals surface area contributed by atoms with Gasteiger partial charge in [0.1, 0.15) is 5.75 Å². The van der Waals surface area contributed by atoms with E-state index in [1.54, 1.807) is 24.3 Å². The van der Waals surface area contributed by atoms with Crippen molar-refractivity contribution in [3.8, 4) is 5.75 Å². The summed E-state index contributed by atoms with van der Waals surface area (Å²) in [7, 11) is -6.19. The lowest BCUT2D eigenvalue weighted by molar-refractivity contribution is 0.102. The maximum atomic E-state index is 13.2. The van der Waals surface area contributed by atoms with Crippen LogP contribution in [0.2, 0.25) is 0 Å². The van der Waals surface area contributed by atoms with Crippen molar-refractivity contribution < 1.29 is 26.4 Å². The topological polar surface area (TPSA) is 122 Å². The third-order valence-corrected chi connectivity index (χ3v) is 9.64. The number of nitrogens with one attached hydrogen (secondary N) is 2. The summed E-state index contributed by atoms with van der Waals surface area (Å²) >= 11 is 0. The van der Waals surface area contributed by atoms with Gasteiger partial charge in [0.25, 0.3) is 15.9 Å². The minimum Gasteiger partial charge on any atom is -0.496 e. The van der Waals surface area contributed by atoms with E-state index < -0.39 is 26.0 Å². The number of carbonyl (C=O) groups is 1. The van der Waals surface area contributed by atoms with E-state index in [4.69, 9.17) is 4.74 Å². The van der Waals surface area contributed by atoms with Gasteiger partial charge in [0, 0.05) is 24.5 Å². The number of sulfonamides is 2. The maximum absolute atomic E-state index is 13.2. The zero-order valence-corrected chi connectivity index (χ0v) is 22.9. The Hall–Kier alpha value is -3.41. The average molecular weight is 558 g/mol. The van der Waals surface area contributed by atoms with Crippen LogP contribution in [0.25, 0.3) is 0 Å². The smallest absolute Gasteiger partial charge is 0.261 e. The molecule has 1 aliphatic rings. The summed E-state index contributed by atoms with van der Waals surface area (Å²) in [4.78, 5) is 13.2. The van der Waals surface area contributed by atoms with Gasteiger partial charge in [-0.1, -0.05) is 30.5 Å². The predicted molar refractivity (Wildman–Crippen MR) is 147 cm³/mol. The summed E-state index contributed by atoms with van der Waals surface area (Å²) < 4.78 is 61.2. The fourth-order valence-electron chi connectivity index (χ4n) is 4.21. The Morgan fingerprint density at radius 3 is 1.97 bits per heavy atom. The fourth-order valence-corrected chi connectivity index (χ4v) is 6.81. The monoisotopic (exact) mass is 557 g/mol. The van der Waals surface area contributed by atoms with Crippen LogP contribution in [0.3, 0.4) is 0 Å². The van der Waals surface area contributed by atoms with E-state index in [1.165, 1.54) is 53.9 Å². The molecule has 4 rings (SSSR count). The van der Waals surface area contributed by atoms with Crippen LogP contribution in [0.1, 0.15) is 41.6 Å². The van der Waals surface area contributed by atoms with Crippen LogP contribution >= 0.6 is 0 Å². The molecule has 1 fully saturated rings. The summed E-state index contributed by atoms with van der Waals surface area (Å²) in [6.07, 6.45) is 3.58. The summed E-state index contributed by atoms with van der Waals surface area (Å²) in [6.45, 7) is 2.81. The molecule has 1 aliphatic heterocycles. The number of rotatable bonds is 8. The Morgan fingerprint density at radius 1 is 0.789 bits per heavy atom. The van der Waals surface area contributed by atoms with Crippen molar-refractivity contribution >= 4 is 37.3 Å². The Morgan fingerprint density at radius 2 is 1.37 bits per heavy atom. The minimum absolute atomic E-state index is 0.0222. The minimum atomic E-state index is -3.82. The zero-order valence-electron chi connectivity index (χ0n) is 21.3. The molecular weight excluding hydrogens is 526 g/mol. The van der Waals surface area contributed by atoms with Gasteiger partial charge in [-0.25, -0.2) is 16.8 Å². The number of aryl methyl sites for hydroxylation is 1. The lowest BCUT2D eigenvalue weighted by atomic mass is 10.2. The van der Waals surface area contributed by atoms with E-state index in [2.05, 4.69) is 10.0 Å². The molecule has 0 aromatic heterocycles. The molecule has 202 valence electrons. The Labute approximate surface area is 223 Å². The Bertz CT molecular complexity index is 1500. The quantitative estimate of drug-likeness (QED) is 0.417. The van der Waals surface area contributed by atoms with E-state index in [1.807, 2.05) is 6.92 Å². The number of anilines is 2. The SMILES string of the molecule is COc1ccc(S(=O)(=O)N2CCCCCC2)cc1C(=O)Nc1ccc(S(=O)(=O)Nc2ccc(C)cc2)cc1. The van der Waals surface area contributed by atoms with Crippen LogP contribution in [0.15, 0.2) is 76.5 Å². The number of amides is 1. The number of hydrogen-bond donors (Lipinski definition) is 2. The molecule has 0 unspecified atom stereocenters. The van der Waals surface area contributed by atoms with E-state index >= 15 is 0 Å². The van der Waals surface area contributed by atoms with Crippen LogP contribution in [0.4, 0.5) is 11.4 Å². The second-order valence-corrected chi connectivity index (χ2v) is 12.8. The van der Waals surface area contributed by atoms with Crippen LogP contribution in [-0.2, 0) is 20.0 Å². The normalized spacial score (nSPS) is 14.9. The van der Waals surface area contributed by atoms with Gasteiger partial charge in [0.2, 0.25) is 10.0 Å². The van der Waals surface area contributed by atoms with Crippen molar-refractivity contribution in [3.05, 3.63) is 77.9 Å². The first-order chi connectivity index (χ1) is 18.1. The fraction of sp³-hybridized carbons (Fsp3) is 0.296. The van der Waals surface area contributed by atoms with Crippen molar-refractivity contribution in [2.45, 2.75) is 42.4 Å². The first-order valence-corrected chi connectivity index (χ1v) is 15.2. The van der Waals surface area contributed by atoms with Crippen molar-refractivity contribution in [1.29, 1.82) is 0 Å². The van der Waals surface area contributed by atoms with Crippen molar-refractivity contribution in [3.63, 3.8) is 0 Å². The third kappa shape index (κ3) is 6.35. The van der Waals surface area contributed by atoms with E-state index in [9.17, 15) is 21.6 Å². The summed E-state index contributed by atoms with van der Waals surface area (Å²) in [5.74, 6) is -0.359. The van der Waals surface area contributed by atoms with Gasteiger partial charge in [-0.05, 0) is 74.4 Å². The molecule has 11 heteroatoms. The molecular formula is C27H31N3O6S2. The number of hydrogen-bond acceptors (Lipinski definition) is 6. The van der Waals surface area contributed by atoms with Crippen LogP contribution in [-0.4, -0.2) is 47.2 Å². The van der Waals surface area contributed by atoms with Gasteiger partial charge in [-0.15, -0.1) is 0 Å². The molecule has 3 aromatic carbocycles. The highest BCUT2D eigenvalue weighted by Crippen LogP contribution is 2.27. The van der Waals surface area contributed by atoms with Gasteiger partial charge >= 0.3 is 0 Å². The largest absolute Gasteiger partial charge is 0.496 e. The second-order valence-electron chi connectivity index (χ2n) is 9.13. The molecule has 0 bridgehead atoms. The maximum Gasteiger partial charge on any atom is 0.261 e. The van der Waals surface area contributed by atoms with E-state index in [0.717, 1.165) is 31.2 Å². The van der Waals surface area contributed by atoms with Gasteiger partial charge < -0.3 is 10.1 Å². The zero-order chi connectivity index (χ0) is 27.3. The predicted octanol–water partition coefficient (Wildman–Crippen LogP) is 4.62. The molecule has 38 heavy (non-hydrogen) atoms. The molecule has 3 aromatic rings. The van der Waals surface area contributed by atoms with Gasteiger partial charge in [-0.3, -0.25) is 9.52 Å². The number of methoxy groups -OCH3 is 1. The molecule has 1 heterocycles. The highest BCUT2D eigenvalue weighted by Gasteiger charge is 2.27. The molecule has 0 saturated carbocycles. The molecule has 0 aliphatic carbocycles. The van der Waals surface area contributed by atoms with Gasteiger partial charge in [0.05, 0.1) is 22.5 Å². The number of nitrogens with zero attached hydrogens (tertiary/aromatic N) is 1. The molecule has 0 spiro atoms. The summed E-state index contributed by atoms with van der Waals surface area (Å²) in [5.41, 5.74) is 1.85. The summed E-state index contributed by atoms with van der Waals surface area (Å²) in [6, 6.07) is 16.9. The second kappa shape index (κ2) is 11.5. The van der Waals surface area contributed by atoms with Crippen molar-refractivity contribution in [1.82, 2.24) is 4.31 Å². The number of benzene rings is 3. The lowest BCUT2D eigenvalue weighted by Gasteiger charge is -2.20. The van der Waals surface area contributed by atoms with Gasteiger partial charge in [-0.2, -0.15) is 4.31 Å². The average Bonchev–Trinajstić information content (AvgIpc) is 3.20. The van der Waals surface area contributed by atoms with E-state index in [0.29, 0.717) is 24.5 Å². The molecule has 0 radical (unpaired) electrons. The standard InChI is InChI=1S/C27H31N3O6S2/c1-20-7-9-22(10-8-20)29-37(32,33)23-13-11-21(12-14-23)28-27(31)25-19-24(15-16-26(25)36-2)38(34,35)30-17-5-3-4-6-18-30/h7-16,19,29H,3-6,17-18H2,1-2H3,(H,28,31). The van der Waals surface area contributed by atoms with Crippen molar-refractivity contribution in [2.24, 2.45) is 0 Å². The van der Waals surface area contributed by atoms with Crippen LogP contribution in [0.5, 0.6) is 5.75 Å². The third-order valence-electron chi connectivity index (χ3n) is 6.34. The van der Waals surface area contributed by atoms with E-state index in [-0.39, 0.29) is 21.1 Å². The number of carbonyl (C=O) groups excluding carboxylic acids is 1. The van der Waals surface area contributed by atoms with Gasteiger partial charge in [0.15, 0.2) is 0 Å². The Balaban J connectivity index is 1.52. The molecule has 2 N–H and O–H groups in total. The molecule has 0 atom stereocenters. The molecule has 9 nitrogen and oxygen atoms in total. The molecule has 1 amide bonds. The van der Waals surface area contributed by atoms with Crippen LogP contribution < -0.4 is 14.8 Å². The van der Waals surface area contributed by atoms with Crippen LogP contribution in [0, 0.1) is 6.92 Å².